The van der Waals surface area contributed by atoms with Crippen LogP contribution in [0.4, 0.5) is 0 Å². The number of carbonyl (C=O) groups is 1. The average Bonchev–Trinajstić information content (AvgIpc) is 3.07. The minimum absolute atomic E-state index is 0.0113. The van der Waals surface area contributed by atoms with Gasteiger partial charge < -0.3 is 10.3 Å². The topological polar surface area (TPSA) is 66.9 Å². The maximum atomic E-state index is 12.5. The van der Waals surface area contributed by atoms with Gasteiger partial charge in [-0.2, -0.15) is 0 Å². The molecule has 1 aliphatic carbocycles. The molecule has 0 radical (unpaired) electrons. The van der Waals surface area contributed by atoms with Crippen LogP contribution < -0.4 is 10.9 Å². The number of fused-ring (bicyclic) bond motifs is 1. The lowest BCUT2D eigenvalue weighted by atomic mass is 9.86. The molecule has 142 valence electrons. The molecule has 2 atom stereocenters. The van der Waals surface area contributed by atoms with Gasteiger partial charge in [-0.15, -0.1) is 11.3 Å². The highest BCUT2D eigenvalue weighted by molar-refractivity contribution is 7.71. The Kier molecular flexibility index (Phi) is 6.64. The summed E-state index contributed by atoms with van der Waals surface area (Å²) in [6, 6.07) is 2.23. The van der Waals surface area contributed by atoms with Gasteiger partial charge in [-0.1, -0.05) is 26.2 Å². The van der Waals surface area contributed by atoms with Gasteiger partial charge in [0, 0.05) is 19.0 Å². The average molecular weight is 394 g/mol. The molecule has 0 unspecified atom stereocenters. The molecule has 3 rings (SSSR count). The number of carbonyl (C=O) groups excluding carboxylic acids is 1. The number of aromatic amines is 1. The van der Waals surface area contributed by atoms with Crippen molar-refractivity contribution in [2.45, 2.75) is 70.9 Å². The van der Waals surface area contributed by atoms with Crippen molar-refractivity contribution in [3.63, 3.8) is 0 Å². The van der Waals surface area contributed by atoms with E-state index >= 15 is 0 Å². The van der Waals surface area contributed by atoms with Gasteiger partial charge in [0.25, 0.3) is 5.56 Å². The SMILES string of the molecule is C[C@H]1CCCC[C@H]1NC(=O)CCCCCn1c(=S)[nH]c2ccsc2c1=O. The van der Waals surface area contributed by atoms with E-state index in [9.17, 15) is 9.59 Å². The summed E-state index contributed by atoms with van der Waals surface area (Å²) >= 11 is 6.74. The standard InChI is InChI=1S/C19H27N3O2S2/c1-13-7-4-5-8-14(13)20-16(23)9-3-2-6-11-22-18(24)17-15(10-12-26-17)21-19(22)25/h10,12-14H,2-9,11H2,1H3,(H,20,23)(H,21,25)/t13-,14+/m0/s1. The van der Waals surface area contributed by atoms with Crippen LogP contribution in [0.2, 0.25) is 0 Å². The fourth-order valence-corrected chi connectivity index (χ4v) is 4.80. The summed E-state index contributed by atoms with van der Waals surface area (Å²) < 4.78 is 2.84. The zero-order chi connectivity index (χ0) is 18.5. The van der Waals surface area contributed by atoms with Crippen LogP contribution in [0.5, 0.6) is 0 Å². The van der Waals surface area contributed by atoms with Gasteiger partial charge in [0.1, 0.15) is 4.70 Å². The van der Waals surface area contributed by atoms with Crippen molar-refractivity contribution in [3.05, 3.63) is 26.6 Å². The van der Waals surface area contributed by atoms with Gasteiger partial charge in [-0.25, -0.2) is 0 Å². The first kappa shape index (κ1) is 19.3. The molecule has 0 saturated heterocycles. The number of H-pyrrole nitrogens is 1. The Balaban J connectivity index is 1.42. The fourth-order valence-electron chi connectivity index (χ4n) is 3.72. The molecule has 0 spiro atoms. The van der Waals surface area contributed by atoms with Gasteiger partial charge in [-0.3, -0.25) is 14.2 Å². The van der Waals surface area contributed by atoms with Crippen LogP contribution in [0.15, 0.2) is 16.2 Å². The highest BCUT2D eigenvalue weighted by Gasteiger charge is 2.22. The van der Waals surface area contributed by atoms with Crippen molar-refractivity contribution in [3.8, 4) is 0 Å². The third kappa shape index (κ3) is 4.62. The van der Waals surface area contributed by atoms with Crippen molar-refractivity contribution in [2.24, 2.45) is 5.92 Å². The Morgan fingerprint density at radius 3 is 2.96 bits per heavy atom. The molecule has 0 aromatic carbocycles. The molecule has 2 N–H and O–H groups in total. The lowest BCUT2D eigenvalue weighted by molar-refractivity contribution is -0.122. The van der Waals surface area contributed by atoms with E-state index in [0.717, 1.165) is 35.9 Å². The predicted molar refractivity (Wildman–Crippen MR) is 109 cm³/mol. The largest absolute Gasteiger partial charge is 0.353 e. The van der Waals surface area contributed by atoms with E-state index in [1.165, 1.54) is 30.6 Å². The summed E-state index contributed by atoms with van der Waals surface area (Å²) in [5, 5.41) is 5.09. The molecule has 0 bridgehead atoms. The number of hydrogen-bond donors (Lipinski definition) is 2. The van der Waals surface area contributed by atoms with E-state index < -0.39 is 0 Å². The van der Waals surface area contributed by atoms with Crippen molar-refractivity contribution in [2.75, 3.05) is 0 Å². The quantitative estimate of drug-likeness (QED) is 0.542. The molecule has 1 aliphatic rings. The lowest BCUT2D eigenvalue weighted by Crippen LogP contribution is -2.40. The van der Waals surface area contributed by atoms with Gasteiger partial charge in [0.15, 0.2) is 4.77 Å². The van der Waals surface area contributed by atoms with Crippen LogP contribution >= 0.6 is 23.6 Å². The highest BCUT2D eigenvalue weighted by atomic mass is 32.1. The third-order valence-corrected chi connectivity index (χ3v) is 6.56. The molecule has 2 aromatic rings. The molecule has 2 aromatic heterocycles. The number of nitrogens with one attached hydrogen (secondary N) is 2. The number of thiophene rings is 1. The van der Waals surface area contributed by atoms with Crippen molar-refractivity contribution in [1.29, 1.82) is 0 Å². The summed E-state index contributed by atoms with van der Waals surface area (Å²) in [7, 11) is 0. The lowest BCUT2D eigenvalue weighted by Gasteiger charge is -2.29. The Bertz CT molecular complexity index is 868. The van der Waals surface area contributed by atoms with E-state index in [-0.39, 0.29) is 11.5 Å². The first-order valence-electron chi connectivity index (χ1n) is 9.56. The first-order valence-corrected chi connectivity index (χ1v) is 10.8. The van der Waals surface area contributed by atoms with Crippen LogP contribution in [-0.2, 0) is 11.3 Å². The first-order chi connectivity index (χ1) is 12.6. The number of rotatable bonds is 7. The monoisotopic (exact) mass is 393 g/mol. The molecule has 7 heteroatoms. The summed E-state index contributed by atoms with van der Waals surface area (Å²) in [5.41, 5.74) is 0.803. The Morgan fingerprint density at radius 2 is 2.15 bits per heavy atom. The van der Waals surface area contributed by atoms with Gasteiger partial charge in [0.05, 0.1) is 5.52 Å². The van der Waals surface area contributed by atoms with Crippen LogP contribution in [0.1, 0.15) is 58.3 Å². The molecular weight excluding hydrogens is 366 g/mol. The maximum Gasteiger partial charge on any atom is 0.272 e. The number of unbranched alkanes of at least 4 members (excludes halogenated alkanes) is 2. The zero-order valence-corrected chi connectivity index (χ0v) is 16.9. The van der Waals surface area contributed by atoms with Crippen molar-refractivity contribution in [1.82, 2.24) is 14.9 Å². The predicted octanol–water partition coefficient (Wildman–Crippen LogP) is 4.38. The normalized spacial score (nSPS) is 20.3. The second-order valence-electron chi connectivity index (χ2n) is 7.30. The maximum absolute atomic E-state index is 12.5. The second kappa shape index (κ2) is 8.95. The summed E-state index contributed by atoms with van der Waals surface area (Å²) in [4.78, 5) is 27.7. The molecule has 1 saturated carbocycles. The van der Waals surface area contributed by atoms with Crippen molar-refractivity contribution >= 4 is 39.7 Å². The Labute approximate surface area is 162 Å². The fraction of sp³-hybridized carbons (Fsp3) is 0.632. The zero-order valence-electron chi connectivity index (χ0n) is 15.3. The molecule has 26 heavy (non-hydrogen) atoms. The summed E-state index contributed by atoms with van der Waals surface area (Å²) in [6.07, 6.45) is 8.01. The smallest absolute Gasteiger partial charge is 0.272 e. The molecule has 1 fully saturated rings. The van der Waals surface area contributed by atoms with Crippen LogP contribution in [0.3, 0.4) is 0 Å². The summed E-state index contributed by atoms with van der Waals surface area (Å²) in [5.74, 6) is 0.756. The van der Waals surface area contributed by atoms with Crippen LogP contribution in [0.25, 0.3) is 10.2 Å². The number of nitrogens with zero attached hydrogens (tertiary/aromatic N) is 1. The molecular formula is C19H27N3O2S2. The molecule has 1 amide bonds. The number of aromatic nitrogens is 2. The van der Waals surface area contributed by atoms with E-state index in [1.54, 1.807) is 4.57 Å². The molecule has 5 nitrogen and oxygen atoms in total. The van der Waals surface area contributed by atoms with E-state index in [1.807, 2.05) is 11.4 Å². The van der Waals surface area contributed by atoms with Gasteiger partial charge in [0.2, 0.25) is 5.91 Å². The van der Waals surface area contributed by atoms with Gasteiger partial charge in [-0.05, 0) is 55.3 Å². The summed E-state index contributed by atoms with van der Waals surface area (Å²) in [6.45, 7) is 2.83. The van der Waals surface area contributed by atoms with Gasteiger partial charge >= 0.3 is 0 Å². The van der Waals surface area contributed by atoms with Crippen LogP contribution in [-0.4, -0.2) is 21.5 Å². The van der Waals surface area contributed by atoms with E-state index in [2.05, 4.69) is 17.2 Å². The molecule has 0 aliphatic heterocycles. The Hall–Kier alpha value is -1.47. The third-order valence-electron chi connectivity index (χ3n) is 5.33. The Morgan fingerprint density at radius 1 is 1.35 bits per heavy atom. The molecule has 2 heterocycles. The second-order valence-corrected chi connectivity index (χ2v) is 8.60. The van der Waals surface area contributed by atoms with Crippen molar-refractivity contribution < 1.29 is 4.79 Å². The highest BCUT2D eigenvalue weighted by Crippen LogP contribution is 2.23. The van der Waals surface area contributed by atoms with E-state index in [0.29, 0.717) is 29.7 Å². The minimum Gasteiger partial charge on any atom is -0.353 e. The number of hydrogen-bond acceptors (Lipinski definition) is 4. The number of amides is 1. The minimum atomic E-state index is -0.0113. The van der Waals surface area contributed by atoms with E-state index in [4.69, 9.17) is 12.2 Å². The van der Waals surface area contributed by atoms with Crippen LogP contribution in [0, 0.1) is 10.7 Å².